The van der Waals surface area contributed by atoms with Crippen LogP contribution in [0, 0.1) is 0 Å². The topological polar surface area (TPSA) is 100 Å². The number of carbonyl (C=O) groups excluding carboxylic acids is 1. The van der Waals surface area contributed by atoms with Gasteiger partial charge >= 0.3 is 25.8 Å². The van der Waals surface area contributed by atoms with E-state index in [9.17, 15) is 0 Å². The molecule has 7 heavy (non-hydrogen) atoms. The number of hydrogen-bond donors (Lipinski definition) is 0. The molecule has 0 saturated carbocycles. The first-order chi connectivity index (χ1) is 1.73. The summed E-state index contributed by atoms with van der Waals surface area (Å²) in [6, 6.07) is 0. The van der Waals surface area contributed by atoms with E-state index in [0.29, 0.717) is 0 Å². The number of carbonyl (C=O) groups is 1. The molecule has 0 aromatic carbocycles. The van der Waals surface area contributed by atoms with Crippen molar-refractivity contribution in [2.75, 3.05) is 0 Å². The van der Waals surface area contributed by atoms with Gasteiger partial charge in [-0.3, -0.25) is 0 Å². The summed E-state index contributed by atoms with van der Waals surface area (Å²) in [6.07, 6.45) is 0. The minimum atomic E-state index is -1.08. The zero-order valence-corrected chi connectivity index (χ0v) is 7.08. The summed E-state index contributed by atoms with van der Waals surface area (Å²) in [7, 11) is 0. The predicted molar refractivity (Wildman–Crippen MR) is 20.3 cm³/mol. The van der Waals surface area contributed by atoms with Crippen LogP contribution in [-0.2, 0) is 4.79 Å². The van der Waals surface area contributed by atoms with Crippen LogP contribution in [0.4, 0.5) is 0 Å². The van der Waals surface area contributed by atoms with Crippen LogP contribution >= 0.6 is 0 Å². The second-order valence-electron chi connectivity index (χ2n) is 0.492. The number of hydrogen-bond acceptors (Lipinski definition) is 4. The van der Waals surface area contributed by atoms with E-state index < -0.39 is 5.97 Å². The van der Waals surface area contributed by atoms with E-state index >= 15 is 0 Å². The van der Waals surface area contributed by atoms with E-state index in [1.54, 1.807) is 0 Å². The Hall–Kier alpha value is 0.260. The number of carboxylic acid groups (broad SMARTS) is 1. The van der Waals surface area contributed by atoms with Crippen LogP contribution in [0.3, 0.4) is 0 Å². The SMILES string of the molecule is CC(=O)[O-].[In+3].[OH-].[OH-]. The molecule has 40 valence electrons. The molecule has 2 N–H and O–H groups in total. The first-order valence-corrected chi connectivity index (χ1v) is 0.908. The average Bonchev–Trinajstić information content (AvgIpc) is 0.811. The Morgan fingerprint density at radius 3 is 1.43 bits per heavy atom. The Morgan fingerprint density at radius 2 is 1.43 bits per heavy atom. The quantitative estimate of drug-likeness (QED) is 0.460. The fourth-order valence-corrected chi connectivity index (χ4v) is 0. The molecule has 0 amide bonds. The standard InChI is InChI=1S/C2H4O2.In.2H2O/c1-2(3)4;;;/h1H3,(H,3,4);;2*1H2/q;+3;;/p-3. The molecular weight excluding hydrogens is 203 g/mol. The van der Waals surface area contributed by atoms with E-state index in [-0.39, 0.29) is 36.8 Å². The van der Waals surface area contributed by atoms with E-state index in [2.05, 4.69) is 0 Å². The molecule has 0 rings (SSSR count). The van der Waals surface area contributed by atoms with Crippen molar-refractivity contribution in [3.8, 4) is 0 Å². The summed E-state index contributed by atoms with van der Waals surface area (Å²) >= 11 is 0. The van der Waals surface area contributed by atoms with Gasteiger partial charge in [-0.2, -0.15) is 0 Å². The molecule has 0 unspecified atom stereocenters. The van der Waals surface area contributed by atoms with Gasteiger partial charge in [0, 0.05) is 5.97 Å². The van der Waals surface area contributed by atoms with Crippen molar-refractivity contribution < 1.29 is 20.9 Å². The molecule has 0 aliphatic heterocycles. The smallest absolute Gasteiger partial charge is 0.870 e. The Morgan fingerprint density at radius 1 is 1.43 bits per heavy atom. The molecule has 0 aliphatic carbocycles. The van der Waals surface area contributed by atoms with Crippen LogP contribution in [0.15, 0.2) is 0 Å². The van der Waals surface area contributed by atoms with E-state index in [1.165, 1.54) is 0 Å². The van der Waals surface area contributed by atoms with Crippen molar-refractivity contribution in [3.05, 3.63) is 0 Å². The van der Waals surface area contributed by atoms with Gasteiger partial charge in [0.05, 0.1) is 0 Å². The van der Waals surface area contributed by atoms with Gasteiger partial charge in [0.1, 0.15) is 0 Å². The van der Waals surface area contributed by atoms with Crippen molar-refractivity contribution in [3.63, 3.8) is 0 Å². The Balaban J connectivity index is -0.0000000150. The van der Waals surface area contributed by atoms with Crippen molar-refractivity contribution >= 4 is 31.8 Å². The third-order valence-electron chi connectivity index (χ3n) is 0. The fourth-order valence-electron chi connectivity index (χ4n) is 0. The van der Waals surface area contributed by atoms with E-state index in [1.807, 2.05) is 0 Å². The summed E-state index contributed by atoms with van der Waals surface area (Å²) < 4.78 is 0. The molecule has 0 aliphatic rings. The third kappa shape index (κ3) is 1680. The van der Waals surface area contributed by atoms with Gasteiger partial charge in [-0.1, -0.05) is 0 Å². The van der Waals surface area contributed by atoms with Crippen LogP contribution in [0.5, 0.6) is 0 Å². The van der Waals surface area contributed by atoms with Crippen molar-refractivity contribution in [2.24, 2.45) is 0 Å². The summed E-state index contributed by atoms with van der Waals surface area (Å²) in [4.78, 5) is 8.89. The zero-order chi connectivity index (χ0) is 3.58. The number of rotatable bonds is 0. The Labute approximate surface area is 59.9 Å². The van der Waals surface area contributed by atoms with E-state index in [0.717, 1.165) is 6.92 Å². The first kappa shape index (κ1) is 26.8. The van der Waals surface area contributed by atoms with Crippen LogP contribution in [0.25, 0.3) is 0 Å². The molecule has 0 aromatic heterocycles. The van der Waals surface area contributed by atoms with Crippen LogP contribution in [0.1, 0.15) is 6.92 Å². The van der Waals surface area contributed by atoms with Gasteiger partial charge in [0.2, 0.25) is 0 Å². The maximum absolute atomic E-state index is 8.89. The third-order valence-corrected chi connectivity index (χ3v) is 0. The summed E-state index contributed by atoms with van der Waals surface area (Å²) in [5.41, 5.74) is 0. The largest absolute Gasteiger partial charge is 3.00 e. The fraction of sp³-hybridized carbons (Fsp3) is 0.500. The van der Waals surface area contributed by atoms with Crippen LogP contribution < -0.4 is 5.11 Å². The maximum atomic E-state index is 8.89. The molecule has 0 bridgehead atoms. The first-order valence-electron chi connectivity index (χ1n) is 0.908. The molecule has 4 nitrogen and oxygen atoms in total. The number of carboxylic acids is 1. The molecular formula is C2H5InO4. The molecule has 0 atom stereocenters. The number of aliphatic carboxylic acids is 1. The average molecular weight is 208 g/mol. The van der Waals surface area contributed by atoms with Crippen molar-refractivity contribution in [1.82, 2.24) is 0 Å². The molecule has 0 aromatic rings. The van der Waals surface area contributed by atoms with Crippen molar-refractivity contribution in [2.45, 2.75) is 6.92 Å². The Bertz CT molecular complexity index is 32.7. The van der Waals surface area contributed by atoms with Gasteiger partial charge in [-0.05, 0) is 6.92 Å². The molecule has 0 spiro atoms. The molecule has 5 heteroatoms. The normalized spacial score (nSPS) is 3.57. The minimum Gasteiger partial charge on any atom is -0.870 e. The van der Waals surface area contributed by atoms with E-state index in [4.69, 9.17) is 9.90 Å². The second kappa shape index (κ2) is 16.3. The summed E-state index contributed by atoms with van der Waals surface area (Å²) in [5.74, 6) is -1.08. The predicted octanol–water partition coefficient (Wildman–Crippen LogP) is -1.98. The van der Waals surface area contributed by atoms with Gasteiger partial charge < -0.3 is 20.9 Å². The van der Waals surface area contributed by atoms with Crippen molar-refractivity contribution in [1.29, 1.82) is 0 Å². The summed E-state index contributed by atoms with van der Waals surface area (Å²) in [6.45, 7) is 0.972. The molecule has 0 fully saturated rings. The second-order valence-corrected chi connectivity index (χ2v) is 0.492. The Kier molecular flexibility index (Phi) is 62.3. The van der Waals surface area contributed by atoms with Gasteiger partial charge in [0.15, 0.2) is 0 Å². The molecule has 0 saturated heterocycles. The zero-order valence-electron chi connectivity index (χ0n) is 3.79. The summed E-state index contributed by atoms with van der Waals surface area (Å²) in [5, 5.41) is 8.89. The maximum Gasteiger partial charge on any atom is 3.00 e. The van der Waals surface area contributed by atoms with Crippen LogP contribution in [-0.4, -0.2) is 42.8 Å². The van der Waals surface area contributed by atoms with Crippen LogP contribution in [0.2, 0.25) is 0 Å². The van der Waals surface area contributed by atoms with Gasteiger partial charge in [0.25, 0.3) is 0 Å². The van der Waals surface area contributed by atoms with Gasteiger partial charge in [-0.15, -0.1) is 0 Å². The molecule has 0 radical (unpaired) electrons. The monoisotopic (exact) mass is 208 g/mol. The molecule has 0 heterocycles. The minimum absolute atomic E-state index is 0. The van der Waals surface area contributed by atoms with Gasteiger partial charge in [-0.25, -0.2) is 0 Å².